The molecule has 0 aromatic heterocycles. The predicted octanol–water partition coefficient (Wildman–Crippen LogP) is 2.80. The van der Waals surface area contributed by atoms with E-state index in [1.165, 1.54) is 25.3 Å². The molecule has 0 bridgehead atoms. The number of hydrogen-bond donors (Lipinski definition) is 1. The minimum absolute atomic E-state index is 0.130. The van der Waals surface area contributed by atoms with E-state index >= 15 is 0 Å². The number of phenols is 1. The number of rotatable bonds is 5. The van der Waals surface area contributed by atoms with Crippen molar-refractivity contribution in [1.29, 1.82) is 0 Å². The van der Waals surface area contributed by atoms with Gasteiger partial charge in [0, 0.05) is 11.9 Å². The van der Waals surface area contributed by atoms with Gasteiger partial charge in [-0.15, -0.1) is 0 Å². The number of hydrogen-bond acceptors (Lipinski definition) is 3. The van der Waals surface area contributed by atoms with Crippen molar-refractivity contribution < 1.29 is 27.8 Å². The number of phenolic OH excluding ortho intramolecular Hbond substituents is 1. The van der Waals surface area contributed by atoms with Crippen molar-refractivity contribution in [2.45, 2.75) is 6.18 Å². The summed E-state index contributed by atoms with van der Waals surface area (Å²) in [6.45, 7) is -1.51. The van der Waals surface area contributed by atoms with Gasteiger partial charge < -0.3 is 14.7 Å². The molecule has 0 saturated heterocycles. The molecule has 0 radical (unpaired) electrons. The normalized spacial score (nSPS) is 11.2. The number of ether oxygens (including phenoxy) is 1. The first-order valence-corrected chi connectivity index (χ1v) is 6.69. The maximum Gasteiger partial charge on any atom is 0.406 e. The van der Waals surface area contributed by atoms with Crippen LogP contribution in [0, 0.1) is 0 Å². The van der Waals surface area contributed by atoms with E-state index in [4.69, 9.17) is 4.74 Å². The average molecular weight is 356 g/mol. The first-order chi connectivity index (χ1) is 9.28. The minimum atomic E-state index is -4.51. The molecule has 0 fully saturated rings. The molecule has 0 aliphatic heterocycles. The Bertz CT molecular complexity index is 480. The molecular formula is C12H13BrF3NO3. The summed E-state index contributed by atoms with van der Waals surface area (Å²) in [7, 11) is 1.35. The SMILES string of the molecule is COc1ccc(O)c(C(=O)N(CCBr)CC(F)(F)F)c1. The molecule has 20 heavy (non-hydrogen) atoms. The first kappa shape index (κ1) is 16.6. The van der Waals surface area contributed by atoms with Gasteiger partial charge in [-0.25, -0.2) is 0 Å². The molecule has 1 aromatic carbocycles. The standard InChI is InChI=1S/C12H13BrF3NO3/c1-20-8-2-3-10(18)9(6-8)11(19)17(5-4-13)7-12(14,15)16/h2-3,6,18H,4-5,7H2,1H3. The highest BCUT2D eigenvalue weighted by Crippen LogP contribution is 2.26. The number of alkyl halides is 4. The maximum atomic E-state index is 12.5. The van der Waals surface area contributed by atoms with E-state index in [-0.39, 0.29) is 23.2 Å². The third-order valence-corrected chi connectivity index (χ3v) is 2.80. The lowest BCUT2D eigenvalue weighted by molar-refractivity contribution is -0.140. The number of carbonyl (C=O) groups is 1. The molecule has 1 aromatic rings. The lowest BCUT2D eigenvalue weighted by Gasteiger charge is -2.23. The second kappa shape index (κ2) is 6.83. The van der Waals surface area contributed by atoms with Crippen molar-refractivity contribution in [3.8, 4) is 11.5 Å². The van der Waals surface area contributed by atoms with E-state index in [2.05, 4.69) is 15.9 Å². The Kier molecular flexibility index (Phi) is 5.67. The van der Waals surface area contributed by atoms with Crippen molar-refractivity contribution in [3.63, 3.8) is 0 Å². The van der Waals surface area contributed by atoms with Gasteiger partial charge in [-0.3, -0.25) is 4.79 Å². The highest BCUT2D eigenvalue weighted by atomic mass is 79.9. The molecule has 112 valence electrons. The zero-order valence-electron chi connectivity index (χ0n) is 10.6. The van der Waals surface area contributed by atoms with E-state index in [9.17, 15) is 23.1 Å². The quantitative estimate of drug-likeness (QED) is 0.826. The number of halogens is 4. The monoisotopic (exact) mass is 355 g/mol. The van der Waals surface area contributed by atoms with Crippen molar-refractivity contribution in [1.82, 2.24) is 4.90 Å². The van der Waals surface area contributed by atoms with E-state index in [1.54, 1.807) is 0 Å². The van der Waals surface area contributed by atoms with Gasteiger partial charge in [0.05, 0.1) is 12.7 Å². The fourth-order valence-corrected chi connectivity index (χ4v) is 1.98. The smallest absolute Gasteiger partial charge is 0.406 e. The first-order valence-electron chi connectivity index (χ1n) is 5.57. The van der Waals surface area contributed by atoms with Crippen molar-refractivity contribution in [3.05, 3.63) is 23.8 Å². The largest absolute Gasteiger partial charge is 0.507 e. The van der Waals surface area contributed by atoms with Crippen LogP contribution < -0.4 is 4.74 Å². The molecule has 1 N–H and O–H groups in total. The van der Waals surface area contributed by atoms with Gasteiger partial charge in [-0.05, 0) is 18.2 Å². The van der Waals surface area contributed by atoms with E-state index < -0.39 is 24.4 Å². The fourth-order valence-electron chi connectivity index (χ4n) is 1.55. The van der Waals surface area contributed by atoms with E-state index in [0.29, 0.717) is 4.90 Å². The summed E-state index contributed by atoms with van der Waals surface area (Å²) in [6.07, 6.45) is -4.51. The topological polar surface area (TPSA) is 49.8 Å². The van der Waals surface area contributed by atoms with Crippen LogP contribution >= 0.6 is 15.9 Å². The molecule has 0 aliphatic carbocycles. The number of benzene rings is 1. The van der Waals surface area contributed by atoms with Crippen molar-refractivity contribution >= 4 is 21.8 Å². The second-order valence-corrected chi connectivity index (χ2v) is 4.71. The lowest BCUT2D eigenvalue weighted by Crippen LogP contribution is -2.40. The third kappa shape index (κ3) is 4.59. The van der Waals surface area contributed by atoms with Crippen molar-refractivity contribution in [2.75, 3.05) is 25.5 Å². The van der Waals surface area contributed by atoms with Crippen LogP contribution in [0.15, 0.2) is 18.2 Å². The number of amides is 1. The second-order valence-electron chi connectivity index (χ2n) is 3.91. The lowest BCUT2D eigenvalue weighted by atomic mass is 10.1. The summed E-state index contributed by atoms with van der Waals surface area (Å²) < 4.78 is 42.3. The van der Waals surface area contributed by atoms with Gasteiger partial charge in [0.2, 0.25) is 0 Å². The highest BCUT2D eigenvalue weighted by Gasteiger charge is 2.33. The Labute approximate surface area is 122 Å². The Morgan fingerprint density at radius 3 is 2.60 bits per heavy atom. The van der Waals surface area contributed by atoms with Crippen LogP contribution in [-0.2, 0) is 0 Å². The molecule has 8 heteroatoms. The van der Waals surface area contributed by atoms with Gasteiger partial charge in [0.25, 0.3) is 5.91 Å². The number of nitrogens with zero attached hydrogens (tertiary/aromatic N) is 1. The van der Waals surface area contributed by atoms with Gasteiger partial charge in [0.15, 0.2) is 0 Å². The molecule has 4 nitrogen and oxygen atoms in total. The van der Waals surface area contributed by atoms with E-state index in [0.717, 1.165) is 0 Å². The molecular weight excluding hydrogens is 343 g/mol. The van der Waals surface area contributed by atoms with Crippen LogP contribution in [0.4, 0.5) is 13.2 Å². The van der Waals surface area contributed by atoms with Crippen LogP contribution in [-0.4, -0.2) is 47.6 Å². The third-order valence-electron chi connectivity index (χ3n) is 2.45. The number of aromatic hydroxyl groups is 1. The van der Waals surface area contributed by atoms with Crippen molar-refractivity contribution in [2.24, 2.45) is 0 Å². The summed E-state index contributed by atoms with van der Waals surface area (Å²) in [4.78, 5) is 12.7. The van der Waals surface area contributed by atoms with Crippen LogP contribution in [0.3, 0.4) is 0 Å². The molecule has 0 heterocycles. The molecule has 0 unspecified atom stereocenters. The van der Waals surface area contributed by atoms with Gasteiger partial charge in [-0.1, -0.05) is 15.9 Å². The van der Waals surface area contributed by atoms with Crippen LogP contribution in [0.25, 0.3) is 0 Å². The molecule has 0 spiro atoms. The zero-order valence-corrected chi connectivity index (χ0v) is 12.2. The summed E-state index contributed by atoms with van der Waals surface area (Å²) in [5.41, 5.74) is -0.227. The summed E-state index contributed by atoms with van der Waals surface area (Å²) in [5, 5.41) is 9.81. The van der Waals surface area contributed by atoms with Gasteiger partial charge in [0.1, 0.15) is 18.0 Å². The van der Waals surface area contributed by atoms with Crippen LogP contribution in [0.1, 0.15) is 10.4 Å². The summed E-state index contributed by atoms with van der Waals surface area (Å²) in [6, 6.07) is 3.81. The average Bonchev–Trinajstić information content (AvgIpc) is 2.36. The Hall–Kier alpha value is -1.44. The number of methoxy groups -OCH3 is 1. The number of carbonyl (C=O) groups excluding carboxylic acids is 1. The minimum Gasteiger partial charge on any atom is -0.507 e. The van der Waals surface area contributed by atoms with E-state index in [1.807, 2.05) is 0 Å². The van der Waals surface area contributed by atoms with Gasteiger partial charge >= 0.3 is 6.18 Å². The van der Waals surface area contributed by atoms with Gasteiger partial charge in [-0.2, -0.15) is 13.2 Å². The van der Waals surface area contributed by atoms with Crippen LogP contribution in [0.5, 0.6) is 11.5 Å². The predicted molar refractivity (Wildman–Crippen MR) is 70.4 cm³/mol. The Morgan fingerprint density at radius 2 is 2.10 bits per heavy atom. The molecule has 1 rings (SSSR count). The molecule has 1 amide bonds. The molecule has 0 atom stereocenters. The molecule has 0 aliphatic rings. The maximum absolute atomic E-state index is 12.5. The summed E-state index contributed by atoms with van der Waals surface area (Å²) >= 11 is 3.00. The Balaban J connectivity index is 3.05. The highest BCUT2D eigenvalue weighted by molar-refractivity contribution is 9.09. The van der Waals surface area contributed by atoms with Crippen LogP contribution in [0.2, 0.25) is 0 Å². The molecule has 0 saturated carbocycles. The summed E-state index contributed by atoms with van der Waals surface area (Å²) in [5.74, 6) is -1.02. The Morgan fingerprint density at radius 1 is 1.45 bits per heavy atom. The zero-order chi connectivity index (χ0) is 15.3. The fraction of sp³-hybridized carbons (Fsp3) is 0.417.